The molecule has 0 bridgehead atoms. The summed E-state index contributed by atoms with van der Waals surface area (Å²) < 4.78 is 3.36. The molecule has 2 atom stereocenters. The molecule has 2 aliphatic heterocycles. The van der Waals surface area contributed by atoms with Crippen LogP contribution in [0.25, 0.3) is 11.0 Å². The van der Waals surface area contributed by atoms with Gasteiger partial charge in [-0.2, -0.15) is 0 Å². The van der Waals surface area contributed by atoms with E-state index in [4.69, 9.17) is 0 Å². The first-order valence-electron chi connectivity index (χ1n) is 16.0. The van der Waals surface area contributed by atoms with Gasteiger partial charge in [0.05, 0.1) is 36.3 Å². The van der Waals surface area contributed by atoms with Crippen molar-refractivity contribution in [1.29, 1.82) is 0 Å². The van der Waals surface area contributed by atoms with Gasteiger partial charge >= 0.3 is 5.69 Å². The molecule has 2 N–H and O–H groups in total. The van der Waals surface area contributed by atoms with Crippen LogP contribution < -0.4 is 5.69 Å². The first-order valence-corrected chi connectivity index (χ1v) is 16.0. The lowest BCUT2D eigenvalue weighted by atomic mass is 10.2. The van der Waals surface area contributed by atoms with E-state index in [0.29, 0.717) is 13.1 Å². The Balaban J connectivity index is 1.01. The Hall–Kier alpha value is -3.31. The number of aromatic nitrogens is 2. The largest absolute Gasteiger partial charge is 0.390 e. The van der Waals surface area contributed by atoms with Gasteiger partial charge < -0.3 is 10.2 Å². The van der Waals surface area contributed by atoms with Crippen LogP contribution >= 0.6 is 0 Å². The molecule has 3 aromatic carbocycles. The van der Waals surface area contributed by atoms with Gasteiger partial charge in [-0.25, -0.2) is 4.79 Å². The molecule has 44 heavy (non-hydrogen) atoms. The standard InChI is InChI=1S/C35H46N6O3/c42-31(25-38-19-15-36(16-20-38)23-29-9-3-1-4-10-29)27-40-33-13-7-8-14-34(33)41(35(40)44)28-32(43)26-39-21-17-37(18-22-39)24-30-11-5-2-6-12-30/h1-14,31-32,42-43H,15-28H2/t31-,32-/m0/s1. The van der Waals surface area contributed by atoms with E-state index in [0.717, 1.165) is 76.5 Å². The predicted octanol–water partition coefficient (Wildman–Crippen LogP) is 2.16. The number of para-hydroxylation sites is 2. The predicted molar refractivity (Wildman–Crippen MR) is 175 cm³/mol. The second-order valence-corrected chi connectivity index (χ2v) is 12.4. The molecule has 0 unspecified atom stereocenters. The fraction of sp³-hybridized carbons (Fsp3) is 0.457. The fourth-order valence-corrected chi connectivity index (χ4v) is 6.70. The summed E-state index contributed by atoms with van der Waals surface area (Å²) in [5, 5.41) is 22.2. The van der Waals surface area contributed by atoms with Crippen molar-refractivity contribution in [3.63, 3.8) is 0 Å². The molecule has 0 radical (unpaired) electrons. The Morgan fingerprint density at radius 2 is 0.818 bits per heavy atom. The second kappa shape index (κ2) is 14.6. The summed E-state index contributed by atoms with van der Waals surface area (Å²) in [6.07, 6.45) is -1.32. The number of rotatable bonds is 12. The Morgan fingerprint density at radius 3 is 1.20 bits per heavy atom. The molecule has 3 heterocycles. The van der Waals surface area contributed by atoms with Crippen LogP contribution in [-0.2, 0) is 26.2 Å². The molecule has 2 fully saturated rings. The number of imidazole rings is 1. The maximum atomic E-state index is 13.6. The topological polar surface area (TPSA) is 80.3 Å². The van der Waals surface area contributed by atoms with Gasteiger partial charge in [0.2, 0.25) is 0 Å². The van der Waals surface area contributed by atoms with E-state index in [1.165, 1.54) is 11.1 Å². The van der Waals surface area contributed by atoms with Gasteiger partial charge in [-0.3, -0.25) is 28.7 Å². The van der Waals surface area contributed by atoms with E-state index in [-0.39, 0.29) is 18.8 Å². The van der Waals surface area contributed by atoms with Crippen LogP contribution in [0.3, 0.4) is 0 Å². The van der Waals surface area contributed by atoms with Crippen molar-refractivity contribution in [2.45, 2.75) is 38.4 Å². The van der Waals surface area contributed by atoms with Crippen molar-refractivity contribution in [3.8, 4) is 0 Å². The lowest BCUT2D eigenvalue weighted by Gasteiger charge is -2.35. The van der Waals surface area contributed by atoms with E-state index in [9.17, 15) is 15.0 Å². The maximum Gasteiger partial charge on any atom is 0.329 e. The summed E-state index contributed by atoms with van der Waals surface area (Å²) in [6.45, 7) is 10.8. The lowest BCUT2D eigenvalue weighted by Crippen LogP contribution is -2.49. The first kappa shape index (κ1) is 30.7. The number of nitrogens with zero attached hydrogens (tertiary/aromatic N) is 6. The number of β-amino-alcohol motifs (C(OH)–C–C–N with tert-alkyl or cyclic N) is 2. The third kappa shape index (κ3) is 7.85. The number of hydrogen-bond donors (Lipinski definition) is 2. The number of fused-ring (bicyclic) bond motifs is 1. The van der Waals surface area contributed by atoms with Crippen LogP contribution in [0.4, 0.5) is 0 Å². The molecule has 2 saturated heterocycles. The number of hydrogen-bond acceptors (Lipinski definition) is 7. The van der Waals surface area contributed by atoms with Crippen LogP contribution in [0, 0.1) is 0 Å². The highest BCUT2D eigenvalue weighted by molar-refractivity contribution is 5.76. The number of piperazine rings is 2. The summed E-state index contributed by atoms with van der Waals surface area (Å²) in [5.41, 5.74) is 4.06. The highest BCUT2D eigenvalue weighted by atomic mass is 16.3. The van der Waals surface area contributed by atoms with Crippen molar-refractivity contribution < 1.29 is 10.2 Å². The highest BCUT2D eigenvalue weighted by Crippen LogP contribution is 2.16. The van der Waals surface area contributed by atoms with Crippen LogP contribution in [0.2, 0.25) is 0 Å². The van der Waals surface area contributed by atoms with E-state index in [1.807, 2.05) is 36.4 Å². The summed E-state index contributed by atoms with van der Waals surface area (Å²) in [5.74, 6) is 0. The average Bonchev–Trinajstić information content (AvgIpc) is 3.30. The fourth-order valence-electron chi connectivity index (χ4n) is 6.70. The van der Waals surface area contributed by atoms with Gasteiger partial charge in [0.15, 0.2) is 0 Å². The highest BCUT2D eigenvalue weighted by Gasteiger charge is 2.24. The van der Waals surface area contributed by atoms with E-state index in [1.54, 1.807) is 9.13 Å². The second-order valence-electron chi connectivity index (χ2n) is 12.4. The Bertz CT molecular complexity index is 1400. The monoisotopic (exact) mass is 598 g/mol. The minimum atomic E-state index is -0.662. The van der Waals surface area contributed by atoms with Crippen LogP contribution in [-0.4, -0.2) is 117 Å². The zero-order valence-corrected chi connectivity index (χ0v) is 25.6. The Kier molecular flexibility index (Phi) is 10.2. The van der Waals surface area contributed by atoms with Crippen molar-refractivity contribution in [2.75, 3.05) is 65.4 Å². The average molecular weight is 599 g/mol. The summed E-state index contributed by atoms with van der Waals surface area (Å²) in [6, 6.07) is 28.8. The molecule has 0 spiro atoms. The number of aliphatic hydroxyl groups excluding tert-OH is 2. The van der Waals surface area contributed by atoms with E-state index < -0.39 is 12.2 Å². The molecule has 234 valence electrons. The molecule has 9 heteroatoms. The summed E-state index contributed by atoms with van der Waals surface area (Å²) in [7, 11) is 0. The molecule has 9 nitrogen and oxygen atoms in total. The summed E-state index contributed by atoms with van der Waals surface area (Å²) >= 11 is 0. The van der Waals surface area contributed by atoms with Gasteiger partial charge in [0.25, 0.3) is 0 Å². The Labute approximate surface area is 260 Å². The molecule has 6 rings (SSSR count). The first-order chi connectivity index (χ1) is 21.5. The molecule has 2 aliphatic rings. The molecular weight excluding hydrogens is 552 g/mol. The third-order valence-electron chi connectivity index (χ3n) is 9.08. The van der Waals surface area contributed by atoms with Gasteiger partial charge in [0.1, 0.15) is 0 Å². The number of aliphatic hydroxyl groups is 2. The SMILES string of the molecule is O=c1n(C[C@@H](O)CN2CCN(Cc3ccccc3)CC2)c2ccccc2n1C[C@@H](O)CN1CCN(Cc2ccccc2)CC1. The van der Waals surface area contributed by atoms with Crippen molar-refractivity contribution in [3.05, 3.63) is 107 Å². The maximum absolute atomic E-state index is 13.6. The smallest absolute Gasteiger partial charge is 0.329 e. The molecule has 4 aromatic rings. The van der Waals surface area contributed by atoms with Gasteiger partial charge in [-0.15, -0.1) is 0 Å². The molecule has 0 saturated carbocycles. The van der Waals surface area contributed by atoms with Crippen LogP contribution in [0.1, 0.15) is 11.1 Å². The zero-order chi connectivity index (χ0) is 30.3. The van der Waals surface area contributed by atoms with E-state index >= 15 is 0 Å². The van der Waals surface area contributed by atoms with Gasteiger partial charge in [-0.05, 0) is 23.3 Å². The van der Waals surface area contributed by atoms with Crippen molar-refractivity contribution >= 4 is 11.0 Å². The third-order valence-corrected chi connectivity index (χ3v) is 9.08. The quantitative estimate of drug-likeness (QED) is 0.259. The van der Waals surface area contributed by atoms with E-state index in [2.05, 4.69) is 68.1 Å². The van der Waals surface area contributed by atoms with Crippen molar-refractivity contribution in [2.24, 2.45) is 0 Å². The summed E-state index contributed by atoms with van der Waals surface area (Å²) in [4.78, 5) is 23.1. The minimum Gasteiger partial charge on any atom is -0.390 e. The van der Waals surface area contributed by atoms with Gasteiger partial charge in [-0.1, -0.05) is 72.8 Å². The molecular formula is C35H46N6O3. The van der Waals surface area contributed by atoms with Crippen LogP contribution in [0.15, 0.2) is 89.7 Å². The molecule has 0 aliphatic carbocycles. The lowest BCUT2D eigenvalue weighted by molar-refractivity contribution is 0.0599. The normalized spacial score (nSPS) is 19.0. The zero-order valence-electron chi connectivity index (χ0n) is 25.6. The van der Waals surface area contributed by atoms with Crippen LogP contribution in [0.5, 0.6) is 0 Å². The molecule has 0 amide bonds. The minimum absolute atomic E-state index is 0.176. The van der Waals surface area contributed by atoms with Gasteiger partial charge in [0, 0.05) is 78.5 Å². The Morgan fingerprint density at radius 1 is 0.477 bits per heavy atom. The number of benzene rings is 3. The van der Waals surface area contributed by atoms with Crippen molar-refractivity contribution in [1.82, 2.24) is 28.7 Å². The molecule has 1 aromatic heterocycles.